The average molecular weight is 122 g/mol. The Hall–Kier alpha value is -0.170. The lowest BCUT2D eigenvalue weighted by molar-refractivity contribution is 1.16. The molecule has 0 aromatic rings. The molecule has 7 heavy (non-hydrogen) atoms. The predicted molar refractivity (Wildman–Crippen MR) is 35.5 cm³/mol. The van der Waals surface area contributed by atoms with Gasteiger partial charge in [0.05, 0.1) is 0 Å². The standard InChI is InChI=1S/C5H11N.ClH/c1-3-4-5(2)6;/h4H,3,6H2,1-2H3;1H. The second kappa shape index (κ2) is 5.83. The monoisotopic (exact) mass is 121 g/mol. The van der Waals surface area contributed by atoms with E-state index in [2.05, 4.69) is 6.92 Å². The summed E-state index contributed by atoms with van der Waals surface area (Å²) in [6.45, 7) is 3.96. The van der Waals surface area contributed by atoms with Crippen molar-refractivity contribution in [3.8, 4) is 0 Å². The number of hydrogen-bond acceptors (Lipinski definition) is 1. The van der Waals surface area contributed by atoms with Crippen LogP contribution in [0.5, 0.6) is 0 Å². The van der Waals surface area contributed by atoms with Crippen LogP contribution >= 0.6 is 12.4 Å². The molecule has 0 bridgehead atoms. The molecule has 0 aliphatic heterocycles. The topological polar surface area (TPSA) is 26.0 Å². The van der Waals surface area contributed by atoms with Gasteiger partial charge in [0.1, 0.15) is 0 Å². The highest BCUT2D eigenvalue weighted by Gasteiger charge is 1.67. The molecule has 0 aromatic carbocycles. The van der Waals surface area contributed by atoms with Crippen molar-refractivity contribution in [3.05, 3.63) is 11.8 Å². The number of nitrogens with two attached hydrogens (primary N) is 1. The number of hydrogen-bond donors (Lipinski definition) is 1. The predicted octanol–water partition coefficient (Wildman–Crippen LogP) is 1.68. The maximum absolute atomic E-state index is 5.26. The largest absolute Gasteiger partial charge is 0.403 e. The molecular formula is C5H12ClN. The van der Waals surface area contributed by atoms with Gasteiger partial charge in [-0.2, -0.15) is 0 Å². The Labute approximate surface area is 51.0 Å². The molecule has 0 rings (SSSR count). The Morgan fingerprint density at radius 3 is 2.14 bits per heavy atom. The van der Waals surface area contributed by atoms with E-state index in [1.807, 2.05) is 13.0 Å². The van der Waals surface area contributed by atoms with Crippen LogP contribution in [0.25, 0.3) is 0 Å². The molecule has 0 unspecified atom stereocenters. The van der Waals surface area contributed by atoms with E-state index in [1.165, 1.54) is 0 Å². The Bertz CT molecular complexity index is 55.1. The van der Waals surface area contributed by atoms with Gasteiger partial charge in [-0.1, -0.05) is 13.0 Å². The van der Waals surface area contributed by atoms with E-state index in [4.69, 9.17) is 5.73 Å². The minimum Gasteiger partial charge on any atom is -0.403 e. The molecular weight excluding hydrogens is 110 g/mol. The molecule has 2 heteroatoms. The third-order valence-corrected chi connectivity index (χ3v) is 0.526. The van der Waals surface area contributed by atoms with Gasteiger partial charge >= 0.3 is 0 Å². The summed E-state index contributed by atoms with van der Waals surface area (Å²) in [7, 11) is 0. The molecule has 0 heterocycles. The van der Waals surface area contributed by atoms with Crippen LogP contribution in [0.2, 0.25) is 0 Å². The first-order chi connectivity index (χ1) is 2.77. The van der Waals surface area contributed by atoms with E-state index in [0.717, 1.165) is 12.1 Å². The molecule has 0 aliphatic rings. The molecule has 0 atom stereocenters. The van der Waals surface area contributed by atoms with Crippen molar-refractivity contribution in [2.75, 3.05) is 0 Å². The smallest absolute Gasteiger partial charge is 0.000822 e. The molecule has 44 valence electrons. The van der Waals surface area contributed by atoms with Crippen LogP contribution < -0.4 is 5.73 Å². The zero-order chi connectivity index (χ0) is 4.99. The molecule has 2 N–H and O–H groups in total. The fraction of sp³-hybridized carbons (Fsp3) is 0.600. The first-order valence-corrected chi connectivity index (χ1v) is 2.19. The molecule has 0 saturated heterocycles. The van der Waals surface area contributed by atoms with E-state index in [9.17, 15) is 0 Å². The van der Waals surface area contributed by atoms with E-state index < -0.39 is 0 Å². The van der Waals surface area contributed by atoms with E-state index in [1.54, 1.807) is 0 Å². The minimum absolute atomic E-state index is 0. The van der Waals surface area contributed by atoms with Crippen molar-refractivity contribution < 1.29 is 0 Å². The van der Waals surface area contributed by atoms with Crippen LogP contribution in [-0.2, 0) is 0 Å². The maximum atomic E-state index is 5.26. The normalized spacial score (nSPS) is 10.3. The molecule has 0 spiro atoms. The van der Waals surface area contributed by atoms with Crippen molar-refractivity contribution in [3.63, 3.8) is 0 Å². The third kappa shape index (κ3) is 10.7. The maximum Gasteiger partial charge on any atom is 0.000822 e. The summed E-state index contributed by atoms with van der Waals surface area (Å²) in [5.74, 6) is 0. The third-order valence-electron chi connectivity index (χ3n) is 0.526. The molecule has 0 radical (unpaired) electrons. The SMILES string of the molecule is CCC=C(C)N.Cl. The van der Waals surface area contributed by atoms with Gasteiger partial charge in [-0.05, 0) is 13.3 Å². The molecule has 1 nitrogen and oxygen atoms in total. The van der Waals surface area contributed by atoms with Crippen LogP contribution in [0.15, 0.2) is 11.8 Å². The van der Waals surface area contributed by atoms with Gasteiger partial charge in [0.2, 0.25) is 0 Å². The summed E-state index contributed by atoms with van der Waals surface area (Å²) < 4.78 is 0. The van der Waals surface area contributed by atoms with Gasteiger partial charge in [-0.15, -0.1) is 12.4 Å². The van der Waals surface area contributed by atoms with Crippen LogP contribution in [0.4, 0.5) is 0 Å². The lowest BCUT2D eigenvalue weighted by atomic mass is 10.4. The zero-order valence-electron chi connectivity index (χ0n) is 4.77. The van der Waals surface area contributed by atoms with Gasteiger partial charge in [0.25, 0.3) is 0 Å². The van der Waals surface area contributed by atoms with Gasteiger partial charge in [-0.3, -0.25) is 0 Å². The van der Waals surface area contributed by atoms with E-state index >= 15 is 0 Å². The summed E-state index contributed by atoms with van der Waals surface area (Å²) in [6, 6.07) is 0. The van der Waals surface area contributed by atoms with Crippen molar-refractivity contribution in [1.29, 1.82) is 0 Å². The van der Waals surface area contributed by atoms with Gasteiger partial charge < -0.3 is 5.73 Å². The molecule has 0 fully saturated rings. The fourth-order valence-corrected chi connectivity index (χ4v) is 0.322. The summed E-state index contributed by atoms with van der Waals surface area (Å²) in [4.78, 5) is 0. The van der Waals surface area contributed by atoms with Gasteiger partial charge in [-0.25, -0.2) is 0 Å². The second-order valence-corrected chi connectivity index (χ2v) is 1.36. The Kier molecular flexibility index (Phi) is 8.29. The van der Waals surface area contributed by atoms with Crippen LogP contribution in [-0.4, -0.2) is 0 Å². The van der Waals surface area contributed by atoms with Crippen molar-refractivity contribution in [2.45, 2.75) is 20.3 Å². The number of halogens is 1. The average Bonchev–Trinajstić information content (AvgIpc) is 1.35. The quantitative estimate of drug-likeness (QED) is 0.561. The Morgan fingerprint density at radius 1 is 1.71 bits per heavy atom. The number of rotatable bonds is 1. The lowest BCUT2D eigenvalue weighted by Crippen LogP contribution is -1.87. The Balaban J connectivity index is 0. The molecule has 0 aromatic heterocycles. The highest BCUT2D eigenvalue weighted by atomic mass is 35.5. The molecule has 0 aliphatic carbocycles. The summed E-state index contributed by atoms with van der Waals surface area (Å²) in [5.41, 5.74) is 6.18. The number of allylic oxidation sites excluding steroid dienone is 2. The zero-order valence-corrected chi connectivity index (χ0v) is 5.59. The van der Waals surface area contributed by atoms with Crippen LogP contribution in [0, 0.1) is 0 Å². The summed E-state index contributed by atoms with van der Waals surface area (Å²) in [5, 5.41) is 0. The highest BCUT2D eigenvalue weighted by molar-refractivity contribution is 5.85. The van der Waals surface area contributed by atoms with E-state index in [0.29, 0.717) is 0 Å². The molecule has 0 amide bonds. The Morgan fingerprint density at radius 2 is 2.14 bits per heavy atom. The first-order valence-electron chi connectivity index (χ1n) is 2.19. The van der Waals surface area contributed by atoms with E-state index in [-0.39, 0.29) is 12.4 Å². The second-order valence-electron chi connectivity index (χ2n) is 1.36. The van der Waals surface area contributed by atoms with Crippen LogP contribution in [0.1, 0.15) is 20.3 Å². The fourth-order valence-electron chi connectivity index (χ4n) is 0.322. The van der Waals surface area contributed by atoms with Crippen molar-refractivity contribution >= 4 is 12.4 Å². The van der Waals surface area contributed by atoms with Crippen molar-refractivity contribution in [1.82, 2.24) is 0 Å². The first kappa shape index (κ1) is 9.95. The molecule has 0 saturated carbocycles. The van der Waals surface area contributed by atoms with Gasteiger partial charge in [0, 0.05) is 5.70 Å². The summed E-state index contributed by atoms with van der Waals surface area (Å²) in [6.07, 6.45) is 3.03. The summed E-state index contributed by atoms with van der Waals surface area (Å²) >= 11 is 0. The van der Waals surface area contributed by atoms with Gasteiger partial charge in [0.15, 0.2) is 0 Å². The lowest BCUT2D eigenvalue weighted by Gasteiger charge is -1.81. The highest BCUT2D eigenvalue weighted by Crippen LogP contribution is 1.81. The van der Waals surface area contributed by atoms with Crippen molar-refractivity contribution in [2.24, 2.45) is 5.73 Å². The minimum atomic E-state index is 0. The van der Waals surface area contributed by atoms with Crippen LogP contribution in [0.3, 0.4) is 0 Å².